The van der Waals surface area contributed by atoms with Crippen molar-refractivity contribution in [1.29, 1.82) is 0 Å². The van der Waals surface area contributed by atoms with Gasteiger partial charge in [-0.2, -0.15) is 0 Å². The molecule has 0 saturated carbocycles. The molecule has 9 aromatic carbocycles. The van der Waals surface area contributed by atoms with Crippen LogP contribution in [-0.4, -0.2) is 33.0 Å². The van der Waals surface area contributed by atoms with Crippen LogP contribution in [0.2, 0.25) is 0 Å². The highest BCUT2D eigenvalue weighted by Crippen LogP contribution is 2.61. The molecule has 0 bridgehead atoms. The van der Waals surface area contributed by atoms with Crippen LogP contribution >= 0.6 is 0 Å². The van der Waals surface area contributed by atoms with E-state index >= 15 is 0 Å². The van der Waals surface area contributed by atoms with E-state index in [1.165, 1.54) is 97.2 Å². The van der Waals surface area contributed by atoms with Gasteiger partial charge in [0.2, 0.25) is 0 Å². The van der Waals surface area contributed by atoms with Gasteiger partial charge in [0, 0.05) is 29.1 Å². The summed E-state index contributed by atoms with van der Waals surface area (Å²) in [5.41, 5.74) is 20.6. The molecule has 0 N–H and O–H groups in total. The lowest BCUT2D eigenvalue weighted by Crippen LogP contribution is -2.43. The highest BCUT2D eigenvalue weighted by molar-refractivity contribution is 5.92. The number of hydrogen-bond donors (Lipinski definition) is 0. The summed E-state index contributed by atoms with van der Waals surface area (Å²) in [5.74, 6) is 0.892. The van der Waals surface area contributed by atoms with Crippen molar-refractivity contribution in [2.24, 2.45) is 5.41 Å². The maximum Gasteiger partial charge on any atom is 0.119 e. The Hall–Kier alpha value is -7.50. The average Bonchev–Trinajstić information content (AvgIpc) is 1.60. The molecule has 12 rings (SSSR count). The Balaban J connectivity index is 0.978. The van der Waals surface area contributed by atoms with Crippen LogP contribution in [0.5, 0.6) is 5.75 Å². The molecule has 434 valence electrons. The molecule has 0 radical (unpaired) electrons. The third-order valence-corrected chi connectivity index (χ3v) is 20.5. The van der Waals surface area contributed by atoms with Crippen LogP contribution in [0.1, 0.15) is 168 Å². The lowest BCUT2D eigenvalue weighted by Gasteiger charge is -2.37. The first-order valence-corrected chi connectivity index (χ1v) is 32.0. The van der Waals surface area contributed by atoms with E-state index in [9.17, 15) is 0 Å². The van der Waals surface area contributed by atoms with E-state index in [0.29, 0.717) is 6.61 Å². The van der Waals surface area contributed by atoms with Gasteiger partial charge in [-0.25, -0.2) is 0 Å². The van der Waals surface area contributed by atoms with Crippen molar-refractivity contribution in [1.82, 2.24) is 0 Å². The van der Waals surface area contributed by atoms with Crippen LogP contribution in [0.3, 0.4) is 0 Å². The summed E-state index contributed by atoms with van der Waals surface area (Å²) < 4.78 is 17.9. The molecule has 0 aromatic heterocycles. The summed E-state index contributed by atoms with van der Waals surface area (Å²) in [7, 11) is 0. The van der Waals surface area contributed by atoms with Crippen LogP contribution < -0.4 is 9.64 Å². The molecule has 1 fully saturated rings. The Morgan fingerprint density at radius 1 is 0.400 bits per heavy atom. The van der Waals surface area contributed by atoms with E-state index in [1.54, 1.807) is 0 Å². The second kappa shape index (κ2) is 24.5. The zero-order valence-corrected chi connectivity index (χ0v) is 51.6. The van der Waals surface area contributed by atoms with Gasteiger partial charge in [-0.05, 0) is 176 Å². The molecule has 1 saturated heterocycles. The number of anilines is 3. The summed E-state index contributed by atoms with van der Waals surface area (Å²) in [5, 5.41) is 0. The number of unbranched alkanes of at least 4 members (excludes halogenated alkanes) is 5. The lowest BCUT2D eigenvalue weighted by atomic mass is 9.66. The van der Waals surface area contributed by atoms with Gasteiger partial charge in [0.25, 0.3) is 0 Å². The number of nitrogens with zero attached hydrogens (tertiary/aromatic N) is 1. The maximum absolute atomic E-state index is 6.55. The van der Waals surface area contributed by atoms with Gasteiger partial charge in [-0.15, -0.1) is 0 Å². The third-order valence-electron chi connectivity index (χ3n) is 20.5. The first-order valence-electron chi connectivity index (χ1n) is 32.0. The largest absolute Gasteiger partial charge is 0.494 e. The fraction of sp³-hybridized carbons (Fsp3) is 0.333. The van der Waals surface area contributed by atoms with Crippen molar-refractivity contribution < 1.29 is 14.2 Å². The monoisotopic (exact) mass is 1120 g/mol. The van der Waals surface area contributed by atoms with Crippen molar-refractivity contribution in [3.05, 3.63) is 274 Å². The molecular formula is C81H87NO3. The molecule has 1 heterocycles. The molecule has 85 heavy (non-hydrogen) atoms. The van der Waals surface area contributed by atoms with E-state index in [-0.39, 0.29) is 16.2 Å². The van der Waals surface area contributed by atoms with E-state index in [4.69, 9.17) is 14.2 Å². The molecule has 3 aliphatic rings. The van der Waals surface area contributed by atoms with Crippen molar-refractivity contribution >= 4 is 17.1 Å². The minimum atomic E-state index is -0.595. The quantitative estimate of drug-likeness (QED) is 0.0534. The third kappa shape index (κ3) is 10.5. The van der Waals surface area contributed by atoms with Gasteiger partial charge in [0.05, 0.1) is 37.3 Å². The minimum absolute atomic E-state index is 0.0376. The maximum atomic E-state index is 6.55. The second-order valence-electron chi connectivity index (χ2n) is 25.6. The topological polar surface area (TPSA) is 30.9 Å². The van der Waals surface area contributed by atoms with Gasteiger partial charge in [0.1, 0.15) is 5.75 Å². The lowest BCUT2D eigenvalue weighted by molar-refractivity contribution is -0.137. The molecule has 9 aromatic rings. The Labute approximate surface area is 508 Å². The van der Waals surface area contributed by atoms with E-state index in [1.807, 2.05) is 0 Å². The summed E-state index contributed by atoms with van der Waals surface area (Å²) in [6.45, 7) is 20.5. The van der Waals surface area contributed by atoms with Gasteiger partial charge in [0.15, 0.2) is 0 Å². The summed E-state index contributed by atoms with van der Waals surface area (Å²) in [4.78, 5) is 2.51. The predicted octanol–water partition coefficient (Wildman–Crippen LogP) is 20.8. The van der Waals surface area contributed by atoms with Gasteiger partial charge >= 0.3 is 0 Å². The van der Waals surface area contributed by atoms with Crippen LogP contribution in [0.4, 0.5) is 17.1 Å². The van der Waals surface area contributed by atoms with Crippen molar-refractivity contribution in [3.8, 4) is 28.0 Å². The molecule has 0 unspecified atom stereocenters. The van der Waals surface area contributed by atoms with E-state index in [0.717, 1.165) is 94.2 Å². The van der Waals surface area contributed by atoms with Gasteiger partial charge in [-0.3, -0.25) is 0 Å². The molecular weight excluding hydrogens is 1030 g/mol. The van der Waals surface area contributed by atoms with E-state index < -0.39 is 10.8 Å². The van der Waals surface area contributed by atoms with Crippen LogP contribution in [-0.2, 0) is 31.1 Å². The summed E-state index contributed by atoms with van der Waals surface area (Å²) in [6.07, 6.45) is 11.2. The number of fused-ring (bicyclic) bond motifs is 6. The highest BCUT2D eigenvalue weighted by atomic mass is 16.5. The molecule has 0 spiro atoms. The zero-order valence-electron chi connectivity index (χ0n) is 51.6. The Kier molecular flexibility index (Phi) is 16.7. The van der Waals surface area contributed by atoms with E-state index in [2.05, 4.69) is 272 Å². The summed E-state index contributed by atoms with van der Waals surface area (Å²) >= 11 is 0. The minimum Gasteiger partial charge on any atom is -0.494 e. The standard InChI is InChI=1S/C81H87NO3/c1-8-78(6,9-2)63-38-46-69-71-48-42-66(54-75(71)80(73(69)52-63,59-30-20-16-21-31-59)60-32-22-17-23-33-60)82(65-40-44-68(45-41-65)85-51-29-15-13-12-14-28-50-83-56-77(5)57-84-58-77)67-43-49-72-70-47-39-64(79(7,10-3)11-4)53-74(70)81(76(72)55-67,61-34-24-18-25-35-61)62-36-26-19-27-37-62/h16-27,30-49,52-55H,8-15,28-29,50-51,56-58H2,1-7H3. The second-order valence-corrected chi connectivity index (χ2v) is 25.6. The fourth-order valence-corrected chi connectivity index (χ4v) is 14.5. The van der Waals surface area contributed by atoms with Crippen molar-refractivity contribution in [2.75, 3.05) is 37.9 Å². The Morgan fingerprint density at radius 3 is 1.13 bits per heavy atom. The SMILES string of the molecule is CCC(C)(CC)c1ccc2c(c1)C(c1ccccc1)(c1ccccc1)c1cc(N(c3ccc(OCCCCCCCCOCC4(C)COC4)cc3)c3ccc4c(c3)C(c3ccccc3)(c3ccccc3)c3cc(C(C)(CC)CC)ccc3-4)ccc1-2. The molecule has 0 amide bonds. The van der Waals surface area contributed by atoms with Crippen LogP contribution in [0.15, 0.2) is 218 Å². The molecule has 2 aliphatic carbocycles. The fourth-order valence-electron chi connectivity index (χ4n) is 14.5. The van der Waals surface area contributed by atoms with Crippen molar-refractivity contribution in [3.63, 3.8) is 0 Å². The van der Waals surface area contributed by atoms with Gasteiger partial charge < -0.3 is 19.1 Å². The molecule has 1 aliphatic heterocycles. The molecule has 0 atom stereocenters. The smallest absolute Gasteiger partial charge is 0.119 e. The molecule has 4 heteroatoms. The van der Waals surface area contributed by atoms with Crippen LogP contribution in [0.25, 0.3) is 22.3 Å². The van der Waals surface area contributed by atoms with Crippen LogP contribution in [0, 0.1) is 5.41 Å². The van der Waals surface area contributed by atoms with Gasteiger partial charge in [-0.1, -0.05) is 244 Å². The first kappa shape index (κ1) is 57.9. The van der Waals surface area contributed by atoms with Crippen molar-refractivity contribution in [2.45, 2.75) is 134 Å². The Bertz CT molecular complexity index is 3420. The normalized spacial score (nSPS) is 15.1. The summed E-state index contributed by atoms with van der Waals surface area (Å²) in [6, 6.07) is 83.6. The zero-order chi connectivity index (χ0) is 58.7. The highest BCUT2D eigenvalue weighted by Gasteiger charge is 2.49. The number of benzene rings is 9. The first-order chi connectivity index (χ1) is 41.5. The number of rotatable bonds is 25. The molecule has 4 nitrogen and oxygen atoms in total. The average molecular weight is 1120 g/mol. The Morgan fingerprint density at radius 2 is 0.753 bits per heavy atom. The number of ether oxygens (including phenoxy) is 3. The number of hydrogen-bond acceptors (Lipinski definition) is 4. The predicted molar refractivity (Wildman–Crippen MR) is 355 cm³/mol.